The summed E-state index contributed by atoms with van der Waals surface area (Å²) in [7, 11) is -0.352. The molecule has 0 unspecified atom stereocenters. The number of thiazole rings is 1. The number of aromatic nitrogens is 1. The maximum atomic E-state index is 12.8. The van der Waals surface area contributed by atoms with Crippen molar-refractivity contribution in [2.45, 2.75) is 33.4 Å². The molecule has 0 fully saturated rings. The summed E-state index contributed by atoms with van der Waals surface area (Å²) in [6.07, 6.45) is 0. The first-order chi connectivity index (χ1) is 10.7. The molecule has 0 aliphatic heterocycles. The molecule has 5 nitrogen and oxygen atoms in total. The number of hydrogen-bond donors (Lipinski definition) is 0. The summed E-state index contributed by atoms with van der Waals surface area (Å²) in [5.41, 5.74) is 1.78. The van der Waals surface area contributed by atoms with Crippen LogP contribution < -0.4 is 0 Å². The highest BCUT2D eigenvalue weighted by molar-refractivity contribution is 7.86. The molecule has 1 aromatic heterocycles. The Morgan fingerprint density at radius 1 is 1.17 bits per heavy atom. The molecule has 0 N–H and O–H groups in total. The summed E-state index contributed by atoms with van der Waals surface area (Å²) in [6.45, 7) is 6.12. The van der Waals surface area contributed by atoms with Gasteiger partial charge in [-0.2, -0.15) is 17.0 Å². The lowest BCUT2D eigenvalue weighted by molar-refractivity contribution is 0.343. The zero-order valence-electron chi connectivity index (χ0n) is 14.1. The van der Waals surface area contributed by atoms with Crippen molar-refractivity contribution in [3.8, 4) is 0 Å². The van der Waals surface area contributed by atoms with Gasteiger partial charge in [-0.1, -0.05) is 30.3 Å². The summed E-state index contributed by atoms with van der Waals surface area (Å²) in [5.74, 6) is 0. The number of aryl methyl sites for hydroxylation is 2. The Labute approximate surface area is 142 Å². The molecule has 0 aliphatic rings. The Hall–Kier alpha value is -1.28. The van der Waals surface area contributed by atoms with E-state index in [0.29, 0.717) is 6.54 Å². The highest BCUT2D eigenvalue weighted by atomic mass is 32.2. The third kappa shape index (κ3) is 3.98. The Bertz CT molecular complexity index is 757. The first-order valence-electron chi connectivity index (χ1n) is 7.40. The largest absolute Gasteiger partial charge is 0.282 e. The fourth-order valence-electron chi connectivity index (χ4n) is 2.45. The standard InChI is InChI=1S/C16H23N3O2S2/c1-12(16-13(2)22-14(3)17-16)19(5)23(20,21)18(4)11-15-9-7-6-8-10-15/h6-10,12H,11H2,1-5H3/t12-/m0/s1. The molecule has 126 valence electrons. The molecular formula is C16H23N3O2S2. The normalized spacial score (nSPS) is 13.7. The van der Waals surface area contributed by atoms with Gasteiger partial charge in [0.2, 0.25) is 0 Å². The van der Waals surface area contributed by atoms with Gasteiger partial charge >= 0.3 is 0 Å². The average Bonchev–Trinajstić information content (AvgIpc) is 2.85. The second-order valence-corrected chi connectivity index (χ2v) is 9.12. The van der Waals surface area contributed by atoms with Gasteiger partial charge in [0.05, 0.1) is 16.7 Å². The molecule has 1 atom stereocenters. The Morgan fingerprint density at radius 3 is 2.30 bits per heavy atom. The average molecular weight is 354 g/mol. The van der Waals surface area contributed by atoms with Crippen molar-refractivity contribution >= 4 is 21.5 Å². The van der Waals surface area contributed by atoms with Crippen LogP contribution in [0.1, 0.15) is 34.1 Å². The van der Waals surface area contributed by atoms with E-state index in [1.54, 1.807) is 25.4 Å². The van der Waals surface area contributed by atoms with Crippen LogP contribution in [0.15, 0.2) is 30.3 Å². The lowest BCUT2D eigenvalue weighted by Gasteiger charge is -2.28. The van der Waals surface area contributed by atoms with E-state index in [4.69, 9.17) is 0 Å². The Kier molecular flexibility index (Phi) is 5.57. The van der Waals surface area contributed by atoms with Gasteiger partial charge < -0.3 is 0 Å². The van der Waals surface area contributed by atoms with Crippen molar-refractivity contribution in [3.63, 3.8) is 0 Å². The van der Waals surface area contributed by atoms with Crippen LogP contribution in [0, 0.1) is 13.8 Å². The van der Waals surface area contributed by atoms with Gasteiger partial charge in [-0.25, -0.2) is 4.98 Å². The molecule has 2 aromatic rings. The van der Waals surface area contributed by atoms with Crippen LogP contribution in [0.25, 0.3) is 0 Å². The number of rotatable bonds is 6. The molecular weight excluding hydrogens is 330 g/mol. The van der Waals surface area contributed by atoms with E-state index in [1.807, 2.05) is 51.1 Å². The minimum absolute atomic E-state index is 0.303. The van der Waals surface area contributed by atoms with Gasteiger partial charge in [0.15, 0.2) is 0 Å². The smallest absolute Gasteiger partial charge is 0.245 e. The molecule has 2 rings (SSSR count). The molecule has 23 heavy (non-hydrogen) atoms. The second kappa shape index (κ2) is 7.09. The predicted octanol–water partition coefficient (Wildman–Crippen LogP) is 3.13. The minimum atomic E-state index is -3.56. The van der Waals surface area contributed by atoms with Gasteiger partial charge in [-0.3, -0.25) is 0 Å². The van der Waals surface area contributed by atoms with Crippen molar-refractivity contribution in [1.82, 2.24) is 13.6 Å². The zero-order valence-corrected chi connectivity index (χ0v) is 15.8. The highest BCUT2D eigenvalue weighted by Gasteiger charge is 2.30. The molecule has 7 heteroatoms. The number of nitrogens with zero attached hydrogens (tertiary/aromatic N) is 3. The van der Waals surface area contributed by atoms with E-state index < -0.39 is 10.2 Å². The van der Waals surface area contributed by atoms with Gasteiger partial charge in [-0.05, 0) is 26.3 Å². The summed E-state index contributed by atoms with van der Waals surface area (Å²) >= 11 is 1.59. The quantitative estimate of drug-likeness (QED) is 0.802. The summed E-state index contributed by atoms with van der Waals surface area (Å²) in [6, 6.07) is 9.27. The maximum absolute atomic E-state index is 12.8. The molecule has 0 amide bonds. The highest BCUT2D eigenvalue weighted by Crippen LogP contribution is 2.28. The molecule has 1 heterocycles. The van der Waals surface area contributed by atoms with Crippen LogP contribution >= 0.6 is 11.3 Å². The molecule has 0 radical (unpaired) electrons. The van der Waals surface area contributed by atoms with Gasteiger partial charge in [-0.15, -0.1) is 11.3 Å². The topological polar surface area (TPSA) is 53.5 Å². The van der Waals surface area contributed by atoms with Crippen LogP contribution in [-0.2, 0) is 16.8 Å². The van der Waals surface area contributed by atoms with E-state index in [-0.39, 0.29) is 6.04 Å². The van der Waals surface area contributed by atoms with Crippen LogP contribution in [0.4, 0.5) is 0 Å². The second-order valence-electron chi connectivity index (χ2n) is 5.62. The first-order valence-corrected chi connectivity index (χ1v) is 9.62. The monoisotopic (exact) mass is 353 g/mol. The van der Waals surface area contributed by atoms with Crippen molar-refractivity contribution in [3.05, 3.63) is 51.5 Å². The Balaban J connectivity index is 2.19. The lowest BCUT2D eigenvalue weighted by atomic mass is 10.2. The third-order valence-electron chi connectivity index (χ3n) is 3.89. The SMILES string of the molecule is Cc1nc([C@H](C)N(C)S(=O)(=O)N(C)Cc2ccccc2)c(C)s1. The number of benzene rings is 1. The third-order valence-corrected chi connectivity index (χ3v) is 6.75. The van der Waals surface area contributed by atoms with Crippen LogP contribution in [0.3, 0.4) is 0 Å². The van der Waals surface area contributed by atoms with Gasteiger partial charge in [0.1, 0.15) is 0 Å². The molecule has 0 bridgehead atoms. The maximum Gasteiger partial charge on any atom is 0.282 e. The van der Waals surface area contributed by atoms with Crippen LogP contribution in [0.2, 0.25) is 0 Å². The van der Waals surface area contributed by atoms with Gasteiger partial charge in [0, 0.05) is 25.5 Å². The van der Waals surface area contributed by atoms with Gasteiger partial charge in [0.25, 0.3) is 10.2 Å². The first kappa shape index (κ1) is 18.1. The Morgan fingerprint density at radius 2 is 1.78 bits per heavy atom. The number of hydrogen-bond acceptors (Lipinski definition) is 4. The summed E-state index contributed by atoms with van der Waals surface area (Å²) < 4.78 is 28.3. The predicted molar refractivity (Wildman–Crippen MR) is 94.6 cm³/mol. The van der Waals surface area contributed by atoms with E-state index in [0.717, 1.165) is 21.1 Å². The van der Waals surface area contributed by atoms with Crippen molar-refractivity contribution in [1.29, 1.82) is 0 Å². The lowest BCUT2D eigenvalue weighted by Crippen LogP contribution is -2.40. The van der Waals surface area contributed by atoms with E-state index in [1.165, 1.54) is 8.61 Å². The van der Waals surface area contributed by atoms with E-state index >= 15 is 0 Å². The molecule has 0 spiro atoms. The zero-order chi connectivity index (χ0) is 17.2. The van der Waals surface area contributed by atoms with Crippen molar-refractivity contribution in [2.24, 2.45) is 0 Å². The molecule has 0 saturated heterocycles. The fourth-order valence-corrected chi connectivity index (χ4v) is 4.61. The fraction of sp³-hybridized carbons (Fsp3) is 0.438. The van der Waals surface area contributed by atoms with Crippen LogP contribution in [0.5, 0.6) is 0 Å². The molecule has 0 saturated carbocycles. The van der Waals surface area contributed by atoms with E-state index in [2.05, 4.69) is 4.98 Å². The minimum Gasteiger partial charge on any atom is -0.245 e. The summed E-state index contributed by atoms with van der Waals surface area (Å²) in [4.78, 5) is 5.54. The van der Waals surface area contributed by atoms with Crippen LogP contribution in [-0.4, -0.2) is 36.1 Å². The van der Waals surface area contributed by atoms with E-state index in [9.17, 15) is 8.42 Å². The summed E-state index contributed by atoms with van der Waals surface area (Å²) in [5, 5.41) is 0.952. The molecule has 1 aromatic carbocycles. The van der Waals surface area contributed by atoms with Crippen molar-refractivity contribution in [2.75, 3.05) is 14.1 Å². The molecule has 0 aliphatic carbocycles. The van der Waals surface area contributed by atoms with Crippen molar-refractivity contribution < 1.29 is 8.42 Å².